The molecular weight excluding hydrogens is 392 g/mol. The monoisotopic (exact) mass is 416 g/mol. The van der Waals surface area contributed by atoms with E-state index in [2.05, 4.69) is 20.8 Å². The van der Waals surface area contributed by atoms with Gasteiger partial charge in [-0.1, -0.05) is 23.9 Å². The van der Waals surface area contributed by atoms with Crippen molar-refractivity contribution in [2.24, 2.45) is 5.73 Å². The lowest BCUT2D eigenvalue weighted by Crippen LogP contribution is -2.27. The standard InChI is InChI=1S/C19H24N6O3S/c1-2-25-16(10-9-15(20)26)23-24-19(25)29-11-17(27)22-14-6-4-3-5-13(14)18(28)21-12-7-8-12/h3-6,12H,2,7-11H2,1H3,(H2,20,26)(H,21,28)(H,22,27). The highest BCUT2D eigenvalue weighted by Gasteiger charge is 2.25. The Morgan fingerprint density at radius 1 is 1.24 bits per heavy atom. The molecule has 1 aliphatic carbocycles. The number of hydrogen-bond donors (Lipinski definition) is 3. The predicted molar refractivity (Wildman–Crippen MR) is 109 cm³/mol. The summed E-state index contributed by atoms with van der Waals surface area (Å²) in [6, 6.07) is 7.19. The van der Waals surface area contributed by atoms with Gasteiger partial charge in [0.15, 0.2) is 5.16 Å². The van der Waals surface area contributed by atoms with Gasteiger partial charge in [0.2, 0.25) is 11.8 Å². The van der Waals surface area contributed by atoms with Crippen LogP contribution in [0.2, 0.25) is 0 Å². The summed E-state index contributed by atoms with van der Waals surface area (Å²) in [4.78, 5) is 35.8. The fourth-order valence-electron chi connectivity index (χ4n) is 2.76. The van der Waals surface area contributed by atoms with E-state index in [0.717, 1.165) is 12.8 Å². The molecular formula is C19H24N6O3S. The number of aryl methyl sites for hydroxylation is 1. The van der Waals surface area contributed by atoms with Crippen molar-refractivity contribution in [3.63, 3.8) is 0 Å². The third-order valence-corrected chi connectivity index (χ3v) is 5.36. The van der Waals surface area contributed by atoms with Crippen LogP contribution in [0.15, 0.2) is 29.4 Å². The highest BCUT2D eigenvalue weighted by Crippen LogP contribution is 2.22. The molecule has 1 aromatic carbocycles. The first-order valence-corrected chi connectivity index (χ1v) is 10.5. The predicted octanol–water partition coefficient (Wildman–Crippen LogP) is 1.34. The zero-order valence-corrected chi connectivity index (χ0v) is 17.0. The molecule has 154 valence electrons. The fraction of sp³-hybridized carbons (Fsp3) is 0.421. The number of amides is 3. The zero-order valence-electron chi connectivity index (χ0n) is 16.2. The van der Waals surface area contributed by atoms with Crippen LogP contribution >= 0.6 is 11.8 Å². The van der Waals surface area contributed by atoms with Gasteiger partial charge in [0.25, 0.3) is 5.91 Å². The van der Waals surface area contributed by atoms with Crippen molar-refractivity contribution >= 4 is 35.2 Å². The van der Waals surface area contributed by atoms with Gasteiger partial charge in [-0.2, -0.15) is 0 Å². The van der Waals surface area contributed by atoms with Crippen molar-refractivity contribution in [3.05, 3.63) is 35.7 Å². The fourth-order valence-corrected chi connectivity index (χ4v) is 3.58. The maximum atomic E-state index is 12.4. The smallest absolute Gasteiger partial charge is 0.253 e. The third kappa shape index (κ3) is 5.80. The van der Waals surface area contributed by atoms with Crippen LogP contribution in [0.1, 0.15) is 42.4 Å². The summed E-state index contributed by atoms with van der Waals surface area (Å²) < 4.78 is 1.86. The first-order valence-electron chi connectivity index (χ1n) is 9.50. The van der Waals surface area contributed by atoms with E-state index in [0.29, 0.717) is 35.2 Å². The summed E-state index contributed by atoms with van der Waals surface area (Å²) in [5, 5.41) is 14.5. The average molecular weight is 417 g/mol. The molecule has 1 fully saturated rings. The Labute approximate surface area is 172 Å². The Balaban J connectivity index is 1.59. The number of carbonyl (C=O) groups excluding carboxylic acids is 3. The van der Waals surface area contributed by atoms with Gasteiger partial charge in [0.05, 0.1) is 17.0 Å². The van der Waals surface area contributed by atoms with E-state index in [1.54, 1.807) is 24.3 Å². The van der Waals surface area contributed by atoms with Crippen LogP contribution in [0.5, 0.6) is 0 Å². The zero-order chi connectivity index (χ0) is 20.8. The van der Waals surface area contributed by atoms with Crippen LogP contribution in [0, 0.1) is 0 Å². The molecule has 4 N–H and O–H groups in total. The highest BCUT2D eigenvalue weighted by molar-refractivity contribution is 7.99. The minimum Gasteiger partial charge on any atom is -0.370 e. The van der Waals surface area contributed by atoms with Crippen molar-refractivity contribution in [1.29, 1.82) is 0 Å². The minimum absolute atomic E-state index is 0.118. The molecule has 1 aromatic heterocycles. The second-order valence-electron chi connectivity index (χ2n) is 6.74. The Kier molecular flexibility index (Phi) is 6.86. The van der Waals surface area contributed by atoms with Crippen LogP contribution in [0.4, 0.5) is 5.69 Å². The third-order valence-electron chi connectivity index (χ3n) is 4.40. The van der Waals surface area contributed by atoms with Crippen LogP contribution < -0.4 is 16.4 Å². The lowest BCUT2D eigenvalue weighted by molar-refractivity contribution is -0.118. The molecule has 0 aliphatic heterocycles. The number of nitrogens with zero attached hydrogens (tertiary/aromatic N) is 3. The summed E-state index contributed by atoms with van der Waals surface area (Å²) in [7, 11) is 0. The molecule has 3 amide bonds. The van der Waals surface area contributed by atoms with Crippen LogP contribution in [0.25, 0.3) is 0 Å². The Morgan fingerprint density at radius 3 is 2.69 bits per heavy atom. The van der Waals surface area contributed by atoms with E-state index in [1.165, 1.54) is 11.8 Å². The van der Waals surface area contributed by atoms with E-state index in [4.69, 9.17) is 5.73 Å². The molecule has 2 aromatic rings. The number of nitrogens with two attached hydrogens (primary N) is 1. The second kappa shape index (κ2) is 9.55. The maximum absolute atomic E-state index is 12.4. The number of benzene rings is 1. The largest absolute Gasteiger partial charge is 0.370 e. The van der Waals surface area contributed by atoms with Crippen LogP contribution in [0.3, 0.4) is 0 Å². The summed E-state index contributed by atoms with van der Waals surface area (Å²) in [6.45, 7) is 2.56. The quantitative estimate of drug-likeness (QED) is 0.501. The number of anilines is 1. The van der Waals surface area contributed by atoms with E-state index in [9.17, 15) is 14.4 Å². The number of aromatic nitrogens is 3. The van der Waals surface area contributed by atoms with Gasteiger partial charge in [-0.05, 0) is 31.9 Å². The molecule has 29 heavy (non-hydrogen) atoms. The Morgan fingerprint density at radius 2 is 2.00 bits per heavy atom. The van der Waals surface area contributed by atoms with Crippen molar-refractivity contribution in [1.82, 2.24) is 20.1 Å². The SMILES string of the molecule is CCn1c(CCC(N)=O)nnc1SCC(=O)Nc1ccccc1C(=O)NC1CC1. The van der Waals surface area contributed by atoms with Gasteiger partial charge in [-0.15, -0.1) is 10.2 Å². The molecule has 3 rings (SSSR count). The van der Waals surface area contributed by atoms with Gasteiger partial charge in [-0.25, -0.2) is 0 Å². The molecule has 1 heterocycles. The topological polar surface area (TPSA) is 132 Å². The lowest BCUT2D eigenvalue weighted by Gasteiger charge is -2.11. The van der Waals surface area contributed by atoms with Gasteiger partial charge in [0, 0.05) is 25.4 Å². The summed E-state index contributed by atoms with van der Waals surface area (Å²) in [5.74, 6) is -0.0381. The number of thioether (sulfide) groups is 1. The van der Waals surface area contributed by atoms with Crippen LogP contribution in [-0.4, -0.2) is 44.3 Å². The summed E-state index contributed by atoms with van der Waals surface area (Å²) in [5.41, 5.74) is 6.12. The average Bonchev–Trinajstić information content (AvgIpc) is 3.42. The summed E-state index contributed by atoms with van der Waals surface area (Å²) in [6.07, 6.45) is 2.60. The molecule has 0 unspecified atom stereocenters. The van der Waals surface area contributed by atoms with Crippen molar-refractivity contribution in [2.45, 2.75) is 50.4 Å². The highest BCUT2D eigenvalue weighted by atomic mass is 32.2. The number of nitrogens with one attached hydrogen (secondary N) is 2. The Hall–Kier alpha value is -2.88. The number of rotatable bonds is 10. The van der Waals surface area contributed by atoms with Gasteiger partial charge < -0.3 is 20.9 Å². The molecule has 1 saturated carbocycles. The molecule has 10 heteroatoms. The molecule has 9 nitrogen and oxygen atoms in total. The molecule has 0 saturated heterocycles. The lowest BCUT2D eigenvalue weighted by atomic mass is 10.1. The van der Waals surface area contributed by atoms with Gasteiger partial charge in [0.1, 0.15) is 5.82 Å². The maximum Gasteiger partial charge on any atom is 0.253 e. The van der Waals surface area contributed by atoms with Crippen molar-refractivity contribution in [2.75, 3.05) is 11.1 Å². The van der Waals surface area contributed by atoms with E-state index >= 15 is 0 Å². The number of hydrogen-bond acceptors (Lipinski definition) is 6. The number of primary amides is 1. The second-order valence-corrected chi connectivity index (χ2v) is 7.68. The Bertz CT molecular complexity index is 909. The first-order chi connectivity index (χ1) is 14.0. The summed E-state index contributed by atoms with van der Waals surface area (Å²) >= 11 is 1.25. The van der Waals surface area contributed by atoms with Gasteiger partial charge in [-0.3, -0.25) is 14.4 Å². The van der Waals surface area contributed by atoms with Crippen LogP contribution in [-0.2, 0) is 22.6 Å². The minimum atomic E-state index is -0.395. The molecule has 0 bridgehead atoms. The molecule has 0 atom stereocenters. The first kappa shape index (κ1) is 20.8. The van der Waals surface area contributed by atoms with E-state index in [-0.39, 0.29) is 30.0 Å². The molecule has 1 aliphatic rings. The van der Waals surface area contributed by atoms with Crippen molar-refractivity contribution in [3.8, 4) is 0 Å². The molecule has 0 radical (unpaired) electrons. The van der Waals surface area contributed by atoms with Crippen molar-refractivity contribution < 1.29 is 14.4 Å². The number of carbonyl (C=O) groups is 3. The molecule has 0 spiro atoms. The number of para-hydroxylation sites is 1. The normalized spacial score (nSPS) is 13.1. The van der Waals surface area contributed by atoms with Gasteiger partial charge >= 0.3 is 0 Å². The van der Waals surface area contributed by atoms with E-state index in [1.807, 2.05) is 11.5 Å². The van der Waals surface area contributed by atoms with E-state index < -0.39 is 5.91 Å².